The number of aromatic nitrogens is 4. The van der Waals surface area contributed by atoms with Crippen molar-refractivity contribution < 1.29 is 0 Å². The van der Waals surface area contributed by atoms with E-state index in [2.05, 4.69) is 32.7 Å². The van der Waals surface area contributed by atoms with Crippen molar-refractivity contribution in [2.75, 3.05) is 0 Å². The molecule has 0 atom stereocenters. The fourth-order valence-corrected chi connectivity index (χ4v) is 3.36. The molecule has 0 fully saturated rings. The third-order valence-corrected chi connectivity index (χ3v) is 5.16. The van der Waals surface area contributed by atoms with Crippen LogP contribution in [-0.2, 0) is 6.54 Å². The molecule has 0 radical (unpaired) electrons. The van der Waals surface area contributed by atoms with Crippen LogP contribution in [0.2, 0.25) is 0 Å². The van der Waals surface area contributed by atoms with Crippen LogP contribution in [0.25, 0.3) is 16.9 Å². The lowest BCUT2D eigenvalue weighted by atomic mass is 10.0. The topological polar surface area (TPSA) is 61.8 Å². The van der Waals surface area contributed by atoms with Gasteiger partial charge in [0.2, 0.25) is 0 Å². The molecule has 150 valence electrons. The molecule has 0 amide bonds. The Balaban J connectivity index is 2.31. The molecule has 28 heavy (non-hydrogen) atoms. The van der Waals surface area contributed by atoms with Crippen molar-refractivity contribution in [3.05, 3.63) is 57.0 Å². The quantitative estimate of drug-likeness (QED) is 0.645. The highest BCUT2D eigenvalue weighted by Gasteiger charge is 2.20. The average Bonchev–Trinajstić information content (AvgIpc) is 3.07. The van der Waals surface area contributed by atoms with Crippen molar-refractivity contribution in [3.8, 4) is 5.69 Å². The van der Waals surface area contributed by atoms with Crippen LogP contribution in [-0.4, -0.2) is 18.7 Å². The van der Waals surface area contributed by atoms with Crippen molar-refractivity contribution in [2.45, 2.75) is 66.5 Å². The van der Waals surface area contributed by atoms with Crippen LogP contribution in [0, 0.1) is 5.92 Å². The third kappa shape index (κ3) is 3.55. The molecule has 6 nitrogen and oxygen atoms in total. The summed E-state index contributed by atoms with van der Waals surface area (Å²) in [6, 6.07) is 8.00. The van der Waals surface area contributed by atoms with E-state index in [0.29, 0.717) is 29.5 Å². The van der Waals surface area contributed by atoms with Gasteiger partial charge in [0.05, 0.1) is 12.0 Å². The zero-order valence-corrected chi connectivity index (χ0v) is 17.6. The number of nitrogens with zero attached hydrogens (tertiary/aromatic N) is 4. The predicted octanol–water partition coefficient (Wildman–Crippen LogP) is 4.10. The number of fused-ring (bicyclic) bond motifs is 1. The van der Waals surface area contributed by atoms with E-state index < -0.39 is 0 Å². The first-order valence-electron chi connectivity index (χ1n) is 10.0. The maximum absolute atomic E-state index is 13.3. The second-order valence-electron chi connectivity index (χ2n) is 8.42. The second-order valence-corrected chi connectivity index (χ2v) is 8.42. The summed E-state index contributed by atoms with van der Waals surface area (Å²) in [6.07, 6.45) is 2.42. The monoisotopic (exact) mass is 382 g/mol. The molecule has 0 spiro atoms. The largest absolute Gasteiger partial charge is 0.337 e. The van der Waals surface area contributed by atoms with Crippen LogP contribution in [0.3, 0.4) is 0 Å². The lowest BCUT2D eigenvalue weighted by molar-refractivity contribution is 0.490. The summed E-state index contributed by atoms with van der Waals surface area (Å²) in [6.45, 7) is 12.9. The summed E-state index contributed by atoms with van der Waals surface area (Å²) in [4.78, 5) is 30.9. The summed E-state index contributed by atoms with van der Waals surface area (Å²) in [7, 11) is 0. The average molecular weight is 383 g/mol. The molecule has 0 unspecified atom stereocenters. The Morgan fingerprint density at radius 1 is 0.964 bits per heavy atom. The van der Waals surface area contributed by atoms with E-state index in [1.54, 1.807) is 10.9 Å². The standard InChI is InChI=1S/C22H30N4O2/c1-14(2)11-12-24-21(27)19-20(23-13-25(19)16(5)6)26(22(24)28)18-9-7-17(8-10-18)15(3)4/h7-10,13-16H,11-12H2,1-6H3. The minimum absolute atomic E-state index is 0.0746. The lowest BCUT2D eigenvalue weighted by Crippen LogP contribution is -2.40. The number of benzene rings is 1. The molecule has 1 aromatic carbocycles. The molecule has 0 aliphatic carbocycles. The van der Waals surface area contributed by atoms with E-state index in [-0.39, 0.29) is 17.3 Å². The van der Waals surface area contributed by atoms with E-state index in [0.717, 1.165) is 12.1 Å². The van der Waals surface area contributed by atoms with E-state index >= 15 is 0 Å². The molecular formula is C22H30N4O2. The molecule has 0 aliphatic heterocycles. The summed E-state index contributed by atoms with van der Waals surface area (Å²) >= 11 is 0. The molecule has 3 rings (SSSR count). The maximum Gasteiger partial charge on any atom is 0.337 e. The lowest BCUT2D eigenvalue weighted by Gasteiger charge is -2.15. The summed E-state index contributed by atoms with van der Waals surface area (Å²) in [5, 5.41) is 0. The van der Waals surface area contributed by atoms with Gasteiger partial charge in [0.1, 0.15) is 0 Å². The molecule has 0 N–H and O–H groups in total. The molecule has 2 heterocycles. The van der Waals surface area contributed by atoms with Crippen LogP contribution in [0.4, 0.5) is 0 Å². The van der Waals surface area contributed by atoms with Crippen molar-refractivity contribution in [2.24, 2.45) is 5.92 Å². The smallest absolute Gasteiger partial charge is 0.322 e. The fourth-order valence-electron chi connectivity index (χ4n) is 3.36. The second kappa shape index (κ2) is 7.78. The Hall–Kier alpha value is -2.63. The van der Waals surface area contributed by atoms with Gasteiger partial charge in [0.25, 0.3) is 5.56 Å². The molecule has 3 aromatic rings. The zero-order chi connectivity index (χ0) is 20.6. The Bertz CT molecular complexity index is 1080. The van der Waals surface area contributed by atoms with Gasteiger partial charge in [-0.1, -0.05) is 39.8 Å². The normalized spacial score (nSPS) is 12.0. The van der Waals surface area contributed by atoms with Crippen LogP contribution in [0.1, 0.15) is 65.5 Å². The summed E-state index contributed by atoms with van der Waals surface area (Å²) in [5.41, 5.74) is 2.24. The number of rotatable bonds is 6. The zero-order valence-electron chi connectivity index (χ0n) is 17.6. The SMILES string of the molecule is CC(C)CCn1c(=O)c2c(ncn2C(C)C)n(-c2ccc(C(C)C)cc2)c1=O. The first kappa shape index (κ1) is 20.1. The van der Waals surface area contributed by atoms with Crippen molar-refractivity contribution in [3.63, 3.8) is 0 Å². The highest BCUT2D eigenvalue weighted by molar-refractivity contribution is 5.72. The molecule has 0 saturated heterocycles. The van der Waals surface area contributed by atoms with Crippen molar-refractivity contribution in [1.82, 2.24) is 18.7 Å². The first-order valence-corrected chi connectivity index (χ1v) is 10.0. The Morgan fingerprint density at radius 3 is 2.14 bits per heavy atom. The number of hydrogen-bond acceptors (Lipinski definition) is 3. The van der Waals surface area contributed by atoms with Gasteiger partial charge in [-0.2, -0.15) is 0 Å². The van der Waals surface area contributed by atoms with Crippen molar-refractivity contribution in [1.29, 1.82) is 0 Å². The molecule has 0 bridgehead atoms. The van der Waals surface area contributed by atoms with Gasteiger partial charge in [-0.25, -0.2) is 14.3 Å². The van der Waals surface area contributed by atoms with Gasteiger partial charge in [-0.15, -0.1) is 0 Å². The highest BCUT2D eigenvalue weighted by Crippen LogP contribution is 2.19. The van der Waals surface area contributed by atoms with Crippen LogP contribution in [0.15, 0.2) is 40.2 Å². The molecule has 0 aliphatic rings. The minimum atomic E-state index is -0.329. The van der Waals surface area contributed by atoms with Crippen LogP contribution < -0.4 is 11.2 Å². The molecule has 2 aromatic heterocycles. The van der Waals surface area contributed by atoms with Crippen LogP contribution >= 0.6 is 0 Å². The van der Waals surface area contributed by atoms with Gasteiger partial charge in [0, 0.05) is 12.6 Å². The highest BCUT2D eigenvalue weighted by atomic mass is 16.2. The summed E-state index contributed by atoms with van der Waals surface area (Å²) in [5.74, 6) is 0.807. The van der Waals surface area contributed by atoms with Gasteiger partial charge in [0.15, 0.2) is 11.2 Å². The third-order valence-electron chi connectivity index (χ3n) is 5.16. The van der Waals surface area contributed by atoms with E-state index in [1.807, 2.05) is 42.7 Å². The van der Waals surface area contributed by atoms with Gasteiger partial charge in [-0.05, 0) is 49.8 Å². The minimum Gasteiger partial charge on any atom is -0.322 e. The number of imidazole rings is 1. The molecule has 6 heteroatoms. The van der Waals surface area contributed by atoms with Crippen LogP contribution in [0.5, 0.6) is 0 Å². The maximum atomic E-state index is 13.3. The number of hydrogen-bond donors (Lipinski definition) is 0. The van der Waals surface area contributed by atoms with E-state index in [4.69, 9.17) is 0 Å². The Kier molecular flexibility index (Phi) is 5.59. The fraction of sp³-hybridized carbons (Fsp3) is 0.500. The summed E-state index contributed by atoms with van der Waals surface area (Å²) < 4.78 is 4.78. The Morgan fingerprint density at radius 2 is 1.61 bits per heavy atom. The van der Waals surface area contributed by atoms with Gasteiger partial charge in [-0.3, -0.25) is 9.36 Å². The predicted molar refractivity (Wildman–Crippen MR) is 114 cm³/mol. The van der Waals surface area contributed by atoms with Crippen molar-refractivity contribution >= 4 is 11.2 Å². The van der Waals surface area contributed by atoms with Gasteiger partial charge >= 0.3 is 5.69 Å². The van der Waals surface area contributed by atoms with E-state index in [1.165, 1.54) is 10.1 Å². The first-order chi connectivity index (χ1) is 13.2. The molecular weight excluding hydrogens is 352 g/mol. The van der Waals surface area contributed by atoms with E-state index in [9.17, 15) is 9.59 Å². The molecule has 0 saturated carbocycles. The Labute approximate surface area is 165 Å². The van der Waals surface area contributed by atoms with Gasteiger partial charge < -0.3 is 4.57 Å².